The molecule has 2 fully saturated rings. The zero-order chi connectivity index (χ0) is 22.2. The highest BCUT2D eigenvalue weighted by molar-refractivity contribution is 7.88. The largest absolute Gasteiger partial charge is 0.337 e. The summed E-state index contributed by atoms with van der Waals surface area (Å²) in [5.74, 6) is -0.0134. The highest BCUT2D eigenvalue weighted by atomic mass is 32.2. The molecule has 31 heavy (non-hydrogen) atoms. The number of nitrogens with one attached hydrogen (secondary N) is 1. The number of sulfonamides is 1. The molecule has 5 nitrogen and oxygen atoms in total. The number of nitrogens with zero attached hydrogens (tertiary/aromatic N) is 1. The third-order valence-corrected chi connectivity index (χ3v) is 7.56. The molecule has 0 radical (unpaired) electrons. The average molecular weight is 441 g/mol. The Bertz CT molecular complexity index is 1050. The number of benzene rings is 2. The maximum Gasteiger partial charge on any atom is 0.225 e. The Morgan fingerprint density at radius 1 is 1.10 bits per heavy atom. The van der Waals surface area contributed by atoms with E-state index in [0.29, 0.717) is 13.0 Å². The summed E-state index contributed by atoms with van der Waals surface area (Å²) in [6.45, 7) is 4.47. The number of carbonyl (C=O) groups is 1. The Hall–Kier alpha value is -2.18. The average Bonchev–Trinajstić information content (AvgIpc) is 3.01. The normalized spacial score (nSPS) is 22.6. The summed E-state index contributed by atoms with van der Waals surface area (Å²) < 4.78 is 27.4. The number of likely N-dealkylation sites (tertiary alicyclic amines) is 1. The summed E-state index contributed by atoms with van der Waals surface area (Å²) in [6, 6.07) is 18.1. The summed E-state index contributed by atoms with van der Waals surface area (Å²) in [6.07, 6.45) is 4.86. The summed E-state index contributed by atoms with van der Waals surface area (Å²) in [4.78, 5) is 15.1. The van der Waals surface area contributed by atoms with Gasteiger partial charge in [0.25, 0.3) is 0 Å². The molecule has 2 aromatic carbocycles. The fraction of sp³-hybridized carbons (Fsp3) is 0.480. The molecule has 1 aliphatic carbocycles. The van der Waals surface area contributed by atoms with Crippen molar-refractivity contribution in [3.63, 3.8) is 0 Å². The van der Waals surface area contributed by atoms with Gasteiger partial charge in [0.15, 0.2) is 0 Å². The predicted molar refractivity (Wildman–Crippen MR) is 124 cm³/mol. The van der Waals surface area contributed by atoms with Crippen LogP contribution in [0.25, 0.3) is 11.1 Å². The first kappa shape index (κ1) is 22.0. The van der Waals surface area contributed by atoms with Gasteiger partial charge in [-0.3, -0.25) is 4.79 Å². The molecule has 2 unspecified atom stereocenters. The van der Waals surface area contributed by atoms with Gasteiger partial charge in [0, 0.05) is 23.9 Å². The Morgan fingerprint density at radius 3 is 2.35 bits per heavy atom. The highest BCUT2D eigenvalue weighted by Gasteiger charge is 2.57. The predicted octanol–water partition coefficient (Wildman–Crippen LogP) is 3.85. The van der Waals surface area contributed by atoms with Gasteiger partial charge in [-0.1, -0.05) is 74.9 Å². The second-order valence-corrected chi connectivity index (χ2v) is 11.3. The van der Waals surface area contributed by atoms with E-state index < -0.39 is 10.0 Å². The first-order chi connectivity index (χ1) is 14.7. The Balaban J connectivity index is 1.69. The first-order valence-corrected chi connectivity index (χ1v) is 13.0. The summed E-state index contributed by atoms with van der Waals surface area (Å²) in [5, 5.41) is 0. The van der Waals surface area contributed by atoms with Crippen LogP contribution in [-0.2, 0) is 21.2 Å². The molecule has 0 aromatic heterocycles. The summed E-state index contributed by atoms with van der Waals surface area (Å²) in [7, 11) is -3.39. The van der Waals surface area contributed by atoms with Crippen molar-refractivity contribution in [2.75, 3.05) is 12.8 Å². The van der Waals surface area contributed by atoms with Crippen molar-refractivity contribution >= 4 is 15.9 Å². The Kier molecular flexibility index (Phi) is 5.97. The number of carbonyl (C=O) groups excluding carboxylic acids is 1. The minimum absolute atomic E-state index is 0.105. The molecule has 1 saturated carbocycles. The van der Waals surface area contributed by atoms with Crippen LogP contribution in [0.15, 0.2) is 54.6 Å². The lowest BCUT2D eigenvalue weighted by Gasteiger charge is -2.43. The molecule has 1 saturated heterocycles. The van der Waals surface area contributed by atoms with E-state index in [0.717, 1.165) is 36.0 Å². The van der Waals surface area contributed by atoms with E-state index in [4.69, 9.17) is 0 Å². The van der Waals surface area contributed by atoms with Crippen LogP contribution in [0.3, 0.4) is 0 Å². The molecular formula is C25H32N2O3S. The van der Waals surface area contributed by atoms with Crippen LogP contribution < -0.4 is 4.72 Å². The minimum atomic E-state index is -3.39. The smallest absolute Gasteiger partial charge is 0.225 e. The molecule has 1 N–H and O–H groups in total. The van der Waals surface area contributed by atoms with Gasteiger partial charge >= 0.3 is 0 Å². The van der Waals surface area contributed by atoms with Gasteiger partial charge in [-0.2, -0.15) is 0 Å². The lowest BCUT2D eigenvalue weighted by atomic mass is 9.64. The van der Waals surface area contributed by atoms with Gasteiger partial charge in [0.05, 0.1) is 12.3 Å². The highest BCUT2D eigenvalue weighted by Crippen LogP contribution is 2.51. The van der Waals surface area contributed by atoms with Crippen LogP contribution in [0.2, 0.25) is 0 Å². The molecule has 1 aliphatic heterocycles. The summed E-state index contributed by atoms with van der Waals surface area (Å²) in [5.41, 5.74) is 3.25. The Morgan fingerprint density at radius 2 is 1.77 bits per heavy atom. The molecule has 2 atom stereocenters. The van der Waals surface area contributed by atoms with Gasteiger partial charge in [0.2, 0.25) is 15.9 Å². The van der Waals surface area contributed by atoms with Crippen LogP contribution in [-0.4, -0.2) is 44.1 Å². The first-order valence-electron chi connectivity index (χ1n) is 11.1. The zero-order valence-electron chi connectivity index (χ0n) is 18.5. The fourth-order valence-electron chi connectivity index (χ4n) is 5.23. The SMILES string of the molecule is CC(C)C(=O)N1CC2(CCC2)C(NS(C)(=O)=O)C1Cc1cccc(-c2ccccc2)c1. The fourth-order valence-corrected chi connectivity index (χ4v) is 6.10. The number of hydrogen-bond acceptors (Lipinski definition) is 3. The van der Waals surface area contributed by atoms with E-state index in [1.807, 2.05) is 43.0 Å². The number of amides is 1. The van der Waals surface area contributed by atoms with Crippen molar-refractivity contribution in [1.29, 1.82) is 0 Å². The summed E-state index contributed by atoms with van der Waals surface area (Å²) >= 11 is 0. The lowest BCUT2D eigenvalue weighted by molar-refractivity contribution is -0.135. The van der Waals surface area contributed by atoms with Crippen molar-refractivity contribution in [1.82, 2.24) is 9.62 Å². The van der Waals surface area contributed by atoms with E-state index in [9.17, 15) is 13.2 Å². The van der Waals surface area contributed by atoms with Crippen molar-refractivity contribution in [3.05, 3.63) is 60.2 Å². The molecule has 2 aromatic rings. The van der Waals surface area contributed by atoms with Crippen LogP contribution in [0, 0.1) is 11.3 Å². The van der Waals surface area contributed by atoms with Crippen molar-refractivity contribution in [3.8, 4) is 11.1 Å². The molecule has 166 valence electrons. The van der Waals surface area contributed by atoms with Gasteiger partial charge < -0.3 is 4.90 Å². The topological polar surface area (TPSA) is 66.5 Å². The third kappa shape index (κ3) is 4.55. The van der Waals surface area contributed by atoms with E-state index in [1.54, 1.807) is 0 Å². The van der Waals surface area contributed by atoms with E-state index in [-0.39, 0.29) is 29.3 Å². The van der Waals surface area contributed by atoms with Gasteiger partial charge in [-0.15, -0.1) is 0 Å². The Labute approximate surface area is 185 Å². The maximum atomic E-state index is 13.1. The molecule has 1 heterocycles. The standard InChI is InChI=1S/C25H32N2O3S/c1-18(2)24(28)27-17-25(13-8-14-25)23(26-31(3,29)30)22(27)16-19-9-7-12-21(15-19)20-10-5-4-6-11-20/h4-7,9-12,15,18,22-23,26H,8,13-14,16-17H2,1-3H3. The van der Waals surface area contributed by atoms with Crippen LogP contribution in [0.1, 0.15) is 38.7 Å². The van der Waals surface area contributed by atoms with Gasteiger partial charge in [-0.05, 0) is 36.0 Å². The monoisotopic (exact) mass is 440 g/mol. The quantitative estimate of drug-likeness (QED) is 0.742. The molecule has 4 rings (SSSR count). The van der Waals surface area contributed by atoms with E-state index in [1.165, 1.54) is 6.26 Å². The van der Waals surface area contributed by atoms with Crippen molar-refractivity contribution < 1.29 is 13.2 Å². The minimum Gasteiger partial charge on any atom is -0.337 e. The van der Waals surface area contributed by atoms with Gasteiger partial charge in [-0.25, -0.2) is 13.1 Å². The van der Waals surface area contributed by atoms with Crippen LogP contribution >= 0.6 is 0 Å². The van der Waals surface area contributed by atoms with Crippen molar-refractivity contribution in [2.45, 2.75) is 51.6 Å². The third-order valence-electron chi connectivity index (χ3n) is 6.88. The van der Waals surface area contributed by atoms with Crippen LogP contribution in [0.4, 0.5) is 0 Å². The maximum absolute atomic E-state index is 13.1. The van der Waals surface area contributed by atoms with Crippen LogP contribution in [0.5, 0.6) is 0 Å². The number of rotatable bonds is 6. The second kappa shape index (κ2) is 8.40. The molecule has 2 aliphatic rings. The van der Waals surface area contributed by atoms with E-state index >= 15 is 0 Å². The van der Waals surface area contributed by atoms with Crippen molar-refractivity contribution in [2.24, 2.45) is 11.3 Å². The molecule has 1 spiro atoms. The number of hydrogen-bond donors (Lipinski definition) is 1. The molecule has 6 heteroatoms. The van der Waals surface area contributed by atoms with Gasteiger partial charge in [0.1, 0.15) is 0 Å². The van der Waals surface area contributed by atoms with E-state index in [2.05, 4.69) is 35.1 Å². The molecule has 0 bridgehead atoms. The lowest BCUT2D eigenvalue weighted by Crippen LogP contribution is -2.54. The zero-order valence-corrected chi connectivity index (χ0v) is 19.4. The second-order valence-electron chi connectivity index (χ2n) is 9.54. The molecule has 1 amide bonds. The molecular weight excluding hydrogens is 408 g/mol.